The number of hydrazone groups is 1. The number of carbonyl (C=O) groups is 1. The monoisotopic (exact) mass is 474 g/mol. The zero-order valence-corrected chi connectivity index (χ0v) is 18.8. The maximum atomic E-state index is 12.6. The minimum atomic E-state index is -0.539. The van der Waals surface area contributed by atoms with Crippen molar-refractivity contribution in [1.29, 1.82) is 5.41 Å². The number of aliphatic imine (C=N–C) groups is 1. The predicted molar refractivity (Wildman–Crippen MR) is 125 cm³/mol. The van der Waals surface area contributed by atoms with Crippen molar-refractivity contribution < 1.29 is 14.3 Å². The number of halogens is 2. The molecule has 0 aliphatic carbocycles. The van der Waals surface area contributed by atoms with E-state index in [0.29, 0.717) is 31.6 Å². The third kappa shape index (κ3) is 4.46. The molecule has 0 spiro atoms. The Morgan fingerprint density at radius 3 is 2.65 bits per heavy atom. The van der Waals surface area contributed by atoms with Crippen molar-refractivity contribution in [1.82, 2.24) is 5.01 Å². The molecule has 0 radical (unpaired) electrons. The molecule has 2 aromatic rings. The van der Waals surface area contributed by atoms with Gasteiger partial charge in [0.15, 0.2) is 11.6 Å². The lowest BCUT2D eigenvalue weighted by molar-refractivity contribution is -0.114. The van der Waals surface area contributed by atoms with Crippen LogP contribution in [0.1, 0.15) is 11.1 Å². The first-order chi connectivity index (χ1) is 14.9. The zero-order valence-electron chi connectivity index (χ0n) is 16.5. The van der Waals surface area contributed by atoms with Crippen molar-refractivity contribution >= 4 is 63.0 Å². The van der Waals surface area contributed by atoms with Gasteiger partial charge in [-0.2, -0.15) is 15.1 Å². The summed E-state index contributed by atoms with van der Waals surface area (Å²) in [7, 11) is 1.46. The number of benzene rings is 2. The Kier molecular flexibility index (Phi) is 6.04. The molecule has 0 atom stereocenters. The van der Waals surface area contributed by atoms with Crippen LogP contribution in [0.2, 0.25) is 10.0 Å². The fourth-order valence-corrected chi connectivity index (χ4v) is 4.42. The highest BCUT2D eigenvalue weighted by molar-refractivity contribution is 8.27. The van der Waals surface area contributed by atoms with Gasteiger partial charge in [0.1, 0.15) is 17.4 Å². The van der Waals surface area contributed by atoms with Crippen molar-refractivity contribution in [2.75, 3.05) is 13.7 Å². The van der Waals surface area contributed by atoms with Crippen LogP contribution in [-0.2, 0) is 4.79 Å². The number of hydrogen-bond donors (Lipinski definition) is 1. The molecule has 2 heterocycles. The summed E-state index contributed by atoms with van der Waals surface area (Å²) in [5, 5.41) is 15.7. The van der Waals surface area contributed by atoms with Crippen LogP contribution in [0, 0.1) is 12.3 Å². The van der Waals surface area contributed by atoms with E-state index in [2.05, 4.69) is 10.1 Å². The quantitative estimate of drug-likeness (QED) is 0.615. The van der Waals surface area contributed by atoms with Gasteiger partial charge >= 0.3 is 0 Å². The molecule has 7 nitrogen and oxygen atoms in total. The van der Waals surface area contributed by atoms with E-state index in [9.17, 15) is 4.79 Å². The number of amidine groups is 2. The highest BCUT2D eigenvalue weighted by Crippen LogP contribution is 2.35. The van der Waals surface area contributed by atoms with Gasteiger partial charge < -0.3 is 9.47 Å². The maximum Gasteiger partial charge on any atom is 0.283 e. The van der Waals surface area contributed by atoms with Crippen molar-refractivity contribution in [3.63, 3.8) is 0 Å². The fraction of sp³-hybridized carbons (Fsp3) is 0.143. The molecule has 1 amide bonds. The number of aryl methyl sites for hydroxylation is 1. The van der Waals surface area contributed by atoms with Crippen LogP contribution in [0.5, 0.6) is 11.5 Å². The summed E-state index contributed by atoms with van der Waals surface area (Å²) >= 11 is 13.5. The summed E-state index contributed by atoms with van der Waals surface area (Å²) in [6, 6.07) is 10.9. The Morgan fingerprint density at radius 1 is 1.23 bits per heavy atom. The minimum absolute atomic E-state index is 0.0752. The van der Waals surface area contributed by atoms with Gasteiger partial charge in [0.05, 0.1) is 22.7 Å². The van der Waals surface area contributed by atoms with Gasteiger partial charge in [-0.25, -0.2) is 0 Å². The van der Waals surface area contributed by atoms with Crippen LogP contribution >= 0.6 is 35.0 Å². The zero-order chi connectivity index (χ0) is 22.1. The van der Waals surface area contributed by atoms with Crippen LogP contribution in [0.25, 0.3) is 6.08 Å². The first-order valence-electron chi connectivity index (χ1n) is 9.07. The van der Waals surface area contributed by atoms with Crippen molar-refractivity contribution in [2.24, 2.45) is 10.1 Å². The first-order valence-corrected chi connectivity index (χ1v) is 10.6. The minimum Gasteiger partial charge on any atom is -0.494 e. The summed E-state index contributed by atoms with van der Waals surface area (Å²) in [5.41, 5.74) is 1.70. The van der Waals surface area contributed by atoms with Gasteiger partial charge in [-0.15, -0.1) is 0 Å². The molecular weight excluding hydrogens is 459 g/mol. The molecule has 2 aliphatic rings. The molecule has 2 aromatic carbocycles. The topological polar surface area (TPSA) is 87.3 Å². The van der Waals surface area contributed by atoms with E-state index in [-0.39, 0.29) is 18.0 Å². The molecule has 10 heteroatoms. The predicted octanol–water partition coefficient (Wildman–Crippen LogP) is 5.01. The number of ether oxygens (including phenoxy) is 2. The maximum absolute atomic E-state index is 12.6. The van der Waals surface area contributed by atoms with E-state index < -0.39 is 5.91 Å². The lowest BCUT2D eigenvalue weighted by Crippen LogP contribution is -2.35. The number of carbonyl (C=O) groups excluding carboxylic acids is 1. The van der Waals surface area contributed by atoms with Crippen LogP contribution in [-0.4, -0.2) is 40.7 Å². The van der Waals surface area contributed by atoms with Gasteiger partial charge in [0.2, 0.25) is 5.17 Å². The molecule has 0 fully saturated rings. The molecule has 4 rings (SSSR count). The van der Waals surface area contributed by atoms with Crippen molar-refractivity contribution in [2.45, 2.75) is 6.92 Å². The number of fused-ring (bicyclic) bond motifs is 1. The van der Waals surface area contributed by atoms with E-state index in [4.69, 9.17) is 38.1 Å². The van der Waals surface area contributed by atoms with Crippen LogP contribution in [0.15, 0.2) is 52.1 Å². The van der Waals surface area contributed by atoms with Crippen molar-refractivity contribution in [3.8, 4) is 11.5 Å². The second kappa shape index (κ2) is 8.74. The second-order valence-corrected chi connectivity index (χ2v) is 8.49. The number of nitrogens with one attached hydrogen (secondary N) is 1. The highest BCUT2D eigenvalue weighted by Gasteiger charge is 2.35. The number of rotatable bonds is 5. The molecule has 1 N–H and O–H groups in total. The first kappa shape index (κ1) is 21.4. The van der Waals surface area contributed by atoms with E-state index in [1.807, 2.05) is 31.2 Å². The number of methoxy groups -OCH3 is 1. The normalized spacial score (nSPS) is 16.9. The molecule has 0 saturated carbocycles. The molecular formula is C21H16Cl2N4O3S. The Labute approximate surface area is 192 Å². The van der Waals surface area contributed by atoms with Crippen LogP contribution in [0.3, 0.4) is 0 Å². The smallest absolute Gasteiger partial charge is 0.283 e. The van der Waals surface area contributed by atoms with E-state index in [1.54, 1.807) is 12.1 Å². The largest absolute Gasteiger partial charge is 0.494 e. The van der Waals surface area contributed by atoms with Crippen LogP contribution in [0.4, 0.5) is 0 Å². The molecule has 0 aromatic heterocycles. The Balaban J connectivity index is 1.55. The fourth-order valence-electron chi connectivity index (χ4n) is 2.96. The van der Waals surface area contributed by atoms with Gasteiger partial charge in [0, 0.05) is 0 Å². The number of hydrogen-bond acceptors (Lipinski definition) is 6. The molecule has 0 bridgehead atoms. The number of nitrogens with zero attached hydrogens (tertiary/aromatic N) is 3. The van der Waals surface area contributed by atoms with Gasteiger partial charge in [-0.1, -0.05) is 35.3 Å². The Hall–Kier alpha value is -2.81. The summed E-state index contributed by atoms with van der Waals surface area (Å²) in [6.45, 7) is 2.18. The summed E-state index contributed by atoms with van der Waals surface area (Å²) in [4.78, 5) is 16.6. The highest BCUT2D eigenvalue weighted by atomic mass is 35.5. The number of thioether (sulfide) groups is 1. The molecule has 0 saturated heterocycles. The average Bonchev–Trinajstić information content (AvgIpc) is 3.12. The van der Waals surface area contributed by atoms with Gasteiger partial charge in [0.25, 0.3) is 5.91 Å². The van der Waals surface area contributed by atoms with Crippen LogP contribution < -0.4 is 9.47 Å². The molecule has 158 valence electrons. The lowest BCUT2D eigenvalue weighted by Gasteiger charge is -2.20. The van der Waals surface area contributed by atoms with Gasteiger partial charge in [-0.3, -0.25) is 10.2 Å². The third-order valence-corrected chi connectivity index (χ3v) is 5.83. The third-order valence-electron chi connectivity index (χ3n) is 4.38. The standard InChI is InChI=1S/C21H16Cl2N4O3S/c1-11-4-3-5-13(6-11)30-10-17-26-27-19(24)14(20(28)25-21(27)31-17)7-12-8-15(22)18(29-2)16(23)9-12/h3-9,24H,10H2,1-2H3/b14-7+,24-19?. The Morgan fingerprint density at radius 2 is 1.97 bits per heavy atom. The summed E-state index contributed by atoms with van der Waals surface area (Å²) in [6.07, 6.45) is 1.50. The second-order valence-electron chi connectivity index (χ2n) is 6.64. The Bertz CT molecular complexity index is 1170. The van der Waals surface area contributed by atoms with E-state index in [1.165, 1.54) is 30.0 Å². The number of amides is 1. The molecule has 31 heavy (non-hydrogen) atoms. The molecule has 0 unspecified atom stereocenters. The van der Waals surface area contributed by atoms with E-state index >= 15 is 0 Å². The average molecular weight is 475 g/mol. The van der Waals surface area contributed by atoms with E-state index in [0.717, 1.165) is 11.3 Å². The SMILES string of the molecule is COc1c(Cl)cc(/C=C2\C(=N)N3N=C(COc4cccc(C)c4)SC3=NC2=O)cc1Cl. The lowest BCUT2D eigenvalue weighted by atomic mass is 10.1. The summed E-state index contributed by atoms with van der Waals surface area (Å²) in [5.74, 6) is 0.434. The van der Waals surface area contributed by atoms with Gasteiger partial charge in [-0.05, 0) is 60.2 Å². The van der Waals surface area contributed by atoms with Crippen molar-refractivity contribution in [3.05, 3.63) is 63.1 Å². The summed E-state index contributed by atoms with van der Waals surface area (Å²) < 4.78 is 10.9. The molecule has 2 aliphatic heterocycles.